The second-order valence-electron chi connectivity index (χ2n) is 6.53. The number of amides is 1. The van der Waals surface area contributed by atoms with Crippen LogP contribution in [0.1, 0.15) is 38.7 Å². The van der Waals surface area contributed by atoms with E-state index in [1.165, 1.54) is 6.42 Å². The molecule has 21 heavy (non-hydrogen) atoms. The fourth-order valence-corrected chi connectivity index (χ4v) is 3.01. The van der Waals surface area contributed by atoms with E-state index >= 15 is 0 Å². The van der Waals surface area contributed by atoms with Gasteiger partial charge in [-0.1, -0.05) is 19.9 Å². The van der Waals surface area contributed by atoms with E-state index in [9.17, 15) is 4.79 Å². The molecule has 0 radical (unpaired) electrons. The summed E-state index contributed by atoms with van der Waals surface area (Å²) >= 11 is 0. The summed E-state index contributed by atoms with van der Waals surface area (Å²) in [5, 5.41) is 3.14. The molecule has 0 saturated heterocycles. The molecular formula is C17H25NO3. The van der Waals surface area contributed by atoms with Crippen molar-refractivity contribution < 1.29 is 14.3 Å². The topological polar surface area (TPSA) is 47.6 Å². The van der Waals surface area contributed by atoms with Crippen molar-refractivity contribution in [2.45, 2.75) is 45.6 Å². The van der Waals surface area contributed by atoms with Crippen LogP contribution < -0.4 is 14.8 Å². The lowest BCUT2D eigenvalue weighted by Crippen LogP contribution is -2.34. The van der Waals surface area contributed by atoms with Crippen molar-refractivity contribution >= 4 is 5.91 Å². The van der Waals surface area contributed by atoms with E-state index < -0.39 is 0 Å². The van der Waals surface area contributed by atoms with Crippen LogP contribution in [0.5, 0.6) is 11.5 Å². The predicted molar refractivity (Wildman–Crippen MR) is 82.8 cm³/mol. The second-order valence-corrected chi connectivity index (χ2v) is 6.53. The van der Waals surface area contributed by atoms with Gasteiger partial charge in [-0.2, -0.15) is 0 Å². The number of rotatable bonds is 5. The molecule has 4 nitrogen and oxygen atoms in total. The maximum Gasteiger partial charge on any atom is 0.224 e. The summed E-state index contributed by atoms with van der Waals surface area (Å²) in [6.45, 7) is 4.51. The third kappa shape index (κ3) is 4.13. The lowest BCUT2D eigenvalue weighted by Gasteiger charge is -2.18. The molecule has 0 aliphatic heterocycles. The van der Waals surface area contributed by atoms with Gasteiger partial charge < -0.3 is 14.8 Å². The summed E-state index contributed by atoms with van der Waals surface area (Å²) in [6.07, 6.45) is 3.63. The van der Waals surface area contributed by atoms with E-state index in [1.54, 1.807) is 20.3 Å². The monoisotopic (exact) mass is 291 g/mol. The number of ether oxygens (including phenoxy) is 2. The van der Waals surface area contributed by atoms with Gasteiger partial charge in [0.2, 0.25) is 5.91 Å². The van der Waals surface area contributed by atoms with E-state index in [0.29, 0.717) is 23.6 Å². The number of nitrogens with one attached hydrogen (secondary N) is 1. The molecule has 1 atom stereocenters. The lowest BCUT2D eigenvalue weighted by atomic mass is 9.92. The van der Waals surface area contributed by atoms with Crippen LogP contribution in [-0.4, -0.2) is 26.2 Å². The first-order chi connectivity index (χ1) is 9.93. The molecule has 0 bridgehead atoms. The van der Waals surface area contributed by atoms with Crippen LogP contribution in [-0.2, 0) is 11.2 Å². The van der Waals surface area contributed by atoms with Gasteiger partial charge in [-0.3, -0.25) is 4.79 Å². The zero-order valence-electron chi connectivity index (χ0n) is 13.4. The van der Waals surface area contributed by atoms with Crippen molar-refractivity contribution in [3.05, 3.63) is 23.8 Å². The first kappa shape index (κ1) is 15.7. The third-order valence-electron chi connectivity index (χ3n) is 4.18. The van der Waals surface area contributed by atoms with Crippen molar-refractivity contribution in [3.8, 4) is 11.5 Å². The smallest absolute Gasteiger partial charge is 0.224 e. The highest BCUT2D eigenvalue weighted by Gasteiger charge is 2.31. The van der Waals surface area contributed by atoms with Gasteiger partial charge in [-0.15, -0.1) is 0 Å². The average molecular weight is 291 g/mol. The van der Waals surface area contributed by atoms with Crippen molar-refractivity contribution in [2.75, 3.05) is 14.2 Å². The van der Waals surface area contributed by atoms with Crippen molar-refractivity contribution in [1.82, 2.24) is 5.32 Å². The van der Waals surface area contributed by atoms with Crippen LogP contribution in [0.2, 0.25) is 0 Å². The minimum Gasteiger partial charge on any atom is -0.497 e. The number of carbonyl (C=O) groups is 1. The minimum absolute atomic E-state index is 0.0566. The van der Waals surface area contributed by atoms with Gasteiger partial charge in [-0.05, 0) is 30.7 Å². The molecule has 1 unspecified atom stereocenters. The number of benzene rings is 1. The molecule has 1 amide bonds. The maximum atomic E-state index is 12.2. The highest BCUT2D eigenvalue weighted by Crippen LogP contribution is 2.37. The maximum absolute atomic E-state index is 12.2. The van der Waals surface area contributed by atoms with Crippen molar-refractivity contribution in [2.24, 2.45) is 5.41 Å². The molecule has 0 spiro atoms. The quantitative estimate of drug-likeness (QED) is 0.907. The van der Waals surface area contributed by atoms with E-state index in [1.807, 2.05) is 12.1 Å². The Balaban J connectivity index is 1.96. The molecule has 2 rings (SSSR count). The van der Waals surface area contributed by atoms with E-state index in [2.05, 4.69) is 19.2 Å². The van der Waals surface area contributed by atoms with E-state index in [-0.39, 0.29) is 5.91 Å². The Bertz CT molecular complexity index is 511. The minimum atomic E-state index is 0.0566. The molecular weight excluding hydrogens is 266 g/mol. The van der Waals surface area contributed by atoms with Crippen LogP contribution >= 0.6 is 0 Å². The SMILES string of the molecule is COc1ccc(CC(=O)NC2CCC(C)(C)C2)c(OC)c1. The van der Waals surface area contributed by atoms with Crippen LogP contribution in [0.4, 0.5) is 0 Å². The molecule has 1 aliphatic carbocycles. The van der Waals surface area contributed by atoms with Gasteiger partial charge >= 0.3 is 0 Å². The van der Waals surface area contributed by atoms with Gasteiger partial charge in [0.1, 0.15) is 11.5 Å². The van der Waals surface area contributed by atoms with E-state index in [4.69, 9.17) is 9.47 Å². The Hall–Kier alpha value is -1.71. The highest BCUT2D eigenvalue weighted by atomic mass is 16.5. The normalized spacial score (nSPS) is 20.1. The second kappa shape index (κ2) is 6.37. The lowest BCUT2D eigenvalue weighted by molar-refractivity contribution is -0.121. The van der Waals surface area contributed by atoms with Gasteiger partial charge in [0.25, 0.3) is 0 Å². The summed E-state index contributed by atoms with van der Waals surface area (Å²) in [4.78, 5) is 12.2. The van der Waals surface area contributed by atoms with Crippen LogP contribution in [0.15, 0.2) is 18.2 Å². The Morgan fingerprint density at radius 1 is 1.33 bits per heavy atom. The molecule has 1 fully saturated rings. The van der Waals surface area contributed by atoms with Gasteiger partial charge in [0.05, 0.1) is 20.6 Å². The Morgan fingerprint density at radius 3 is 2.67 bits per heavy atom. The summed E-state index contributed by atoms with van der Waals surface area (Å²) in [7, 11) is 3.22. The van der Waals surface area contributed by atoms with Crippen LogP contribution in [0, 0.1) is 5.41 Å². The number of hydrogen-bond donors (Lipinski definition) is 1. The number of hydrogen-bond acceptors (Lipinski definition) is 3. The summed E-state index contributed by atoms with van der Waals surface area (Å²) in [5.41, 5.74) is 1.23. The zero-order chi connectivity index (χ0) is 15.5. The fourth-order valence-electron chi connectivity index (χ4n) is 3.01. The number of methoxy groups -OCH3 is 2. The molecule has 1 saturated carbocycles. The van der Waals surface area contributed by atoms with Crippen LogP contribution in [0.25, 0.3) is 0 Å². The fraction of sp³-hybridized carbons (Fsp3) is 0.588. The first-order valence-electron chi connectivity index (χ1n) is 7.44. The largest absolute Gasteiger partial charge is 0.497 e. The van der Waals surface area contributed by atoms with Gasteiger partial charge in [0, 0.05) is 17.7 Å². The van der Waals surface area contributed by atoms with Crippen LogP contribution in [0.3, 0.4) is 0 Å². The molecule has 4 heteroatoms. The Morgan fingerprint density at radius 2 is 2.10 bits per heavy atom. The molecule has 0 heterocycles. The van der Waals surface area contributed by atoms with Gasteiger partial charge in [-0.25, -0.2) is 0 Å². The average Bonchev–Trinajstić information content (AvgIpc) is 2.78. The third-order valence-corrected chi connectivity index (χ3v) is 4.18. The number of carbonyl (C=O) groups excluding carboxylic acids is 1. The Labute approximate surface area is 126 Å². The molecule has 0 aromatic heterocycles. The molecule has 116 valence electrons. The van der Waals surface area contributed by atoms with Crippen molar-refractivity contribution in [3.63, 3.8) is 0 Å². The zero-order valence-corrected chi connectivity index (χ0v) is 13.4. The van der Waals surface area contributed by atoms with Gasteiger partial charge in [0.15, 0.2) is 0 Å². The standard InChI is InChI=1S/C17H25NO3/c1-17(2)8-7-13(11-17)18-16(19)9-12-5-6-14(20-3)10-15(12)21-4/h5-6,10,13H,7-9,11H2,1-4H3,(H,18,19). The van der Waals surface area contributed by atoms with Crippen molar-refractivity contribution in [1.29, 1.82) is 0 Å². The molecule has 1 aromatic rings. The summed E-state index contributed by atoms with van der Waals surface area (Å²) in [6, 6.07) is 5.85. The molecule has 1 N–H and O–H groups in total. The Kier molecular flexibility index (Phi) is 4.76. The summed E-state index contributed by atoms with van der Waals surface area (Å²) < 4.78 is 10.5. The molecule has 1 aliphatic rings. The summed E-state index contributed by atoms with van der Waals surface area (Å²) in [5.74, 6) is 1.48. The predicted octanol–water partition coefficient (Wildman–Crippen LogP) is 2.94. The molecule has 1 aromatic carbocycles. The first-order valence-corrected chi connectivity index (χ1v) is 7.44. The van der Waals surface area contributed by atoms with E-state index in [0.717, 1.165) is 24.2 Å². The highest BCUT2D eigenvalue weighted by molar-refractivity contribution is 5.79.